The van der Waals surface area contributed by atoms with Crippen molar-refractivity contribution in [1.29, 1.82) is 0 Å². The largest absolute Gasteiger partial charge is 0.454 e. The van der Waals surface area contributed by atoms with Crippen LogP contribution in [0.15, 0.2) is 32.2 Å². The van der Waals surface area contributed by atoms with Crippen LogP contribution >= 0.6 is 0 Å². The summed E-state index contributed by atoms with van der Waals surface area (Å²) in [5.74, 6) is 4.89. The normalized spacial score (nSPS) is 10.4. The molecule has 0 aliphatic carbocycles. The van der Waals surface area contributed by atoms with E-state index in [1.807, 2.05) is 5.43 Å². The third kappa shape index (κ3) is 2.63. The topological polar surface area (TPSA) is 123 Å². The van der Waals surface area contributed by atoms with Gasteiger partial charge in [0.15, 0.2) is 5.76 Å². The average Bonchev–Trinajstić information content (AvgIpc) is 2.74. The molecular formula is C11H12N4O4. The van der Waals surface area contributed by atoms with Crippen molar-refractivity contribution in [2.75, 3.05) is 0 Å². The Morgan fingerprint density at radius 2 is 2.21 bits per heavy atom. The molecule has 2 heterocycles. The van der Waals surface area contributed by atoms with E-state index < -0.39 is 11.5 Å². The molecule has 0 bridgehead atoms. The Morgan fingerprint density at radius 1 is 1.47 bits per heavy atom. The molecule has 0 aromatic carbocycles. The van der Waals surface area contributed by atoms with E-state index in [4.69, 9.17) is 10.3 Å². The molecule has 2 aromatic heterocycles. The molecule has 0 aliphatic rings. The molecule has 0 spiro atoms. The number of aromatic nitrogens is 2. The van der Waals surface area contributed by atoms with E-state index in [-0.39, 0.29) is 17.9 Å². The van der Waals surface area contributed by atoms with Crippen LogP contribution in [0.4, 0.5) is 0 Å². The van der Waals surface area contributed by atoms with Gasteiger partial charge in [0, 0.05) is 17.7 Å². The van der Waals surface area contributed by atoms with Gasteiger partial charge in [-0.3, -0.25) is 24.9 Å². The molecule has 0 fully saturated rings. The first-order chi connectivity index (χ1) is 9.01. The first kappa shape index (κ1) is 12.8. The van der Waals surface area contributed by atoms with Crippen molar-refractivity contribution in [3.63, 3.8) is 0 Å². The predicted octanol–water partition coefficient (Wildman–Crippen LogP) is -0.910. The summed E-state index contributed by atoms with van der Waals surface area (Å²) in [7, 11) is 0. The number of aryl methyl sites for hydroxylation is 1. The number of hydrazine groups is 1. The average molecular weight is 264 g/mol. The van der Waals surface area contributed by atoms with E-state index in [1.165, 1.54) is 0 Å². The monoisotopic (exact) mass is 264 g/mol. The molecule has 1 amide bonds. The van der Waals surface area contributed by atoms with Gasteiger partial charge in [0.2, 0.25) is 0 Å². The highest BCUT2D eigenvalue weighted by molar-refractivity contribution is 5.92. The summed E-state index contributed by atoms with van der Waals surface area (Å²) in [6.07, 6.45) is 0. The van der Waals surface area contributed by atoms with Crippen LogP contribution in [0.2, 0.25) is 0 Å². The molecule has 8 nitrogen and oxygen atoms in total. The van der Waals surface area contributed by atoms with Crippen LogP contribution in [-0.4, -0.2) is 15.7 Å². The van der Waals surface area contributed by atoms with Gasteiger partial charge in [-0.15, -0.1) is 0 Å². The molecule has 0 saturated carbocycles. The Labute approximate surface area is 106 Å². The van der Waals surface area contributed by atoms with Crippen LogP contribution in [0.1, 0.15) is 21.9 Å². The van der Waals surface area contributed by atoms with Gasteiger partial charge < -0.3 is 4.42 Å². The minimum absolute atomic E-state index is 0.0214. The van der Waals surface area contributed by atoms with E-state index in [0.717, 1.165) is 16.8 Å². The van der Waals surface area contributed by atoms with Crippen molar-refractivity contribution < 1.29 is 9.21 Å². The molecule has 19 heavy (non-hydrogen) atoms. The van der Waals surface area contributed by atoms with Crippen molar-refractivity contribution in [3.8, 4) is 0 Å². The highest BCUT2D eigenvalue weighted by Gasteiger charge is 2.15. The van der Waals surface area contributed by atoms with Gasteiger partial charge in [0.25, 0.3) is 11.1 Å². The van der Waals surface area contributed by atoms with E-state index >= 15 is 0 Å². The summed E-state index contributed by atoms with van der Waals surface area (Å²) < 4.78 is 6.38. The van der Waals surface area contributed by atoms with Gasteiger partial charge >= 0.3 is 5.91 Å². The molecule has 0 unspecified atom stereocenters. The maximum absolute atomic E-state index is 11.5. The smallest absolute Gasteiger partial charge is 0.301 e. The van der Waals surface area contributed by atoms with Crippen molar-refractivity contribution in [3.05, 3.63) is 56.0 Å². The second kappa shape index (κ2) is 4.94. The lowest BCUT2D eigenvalue weighted by atomic mass is 10.2. The number of furan rings is 1. The Bertz CT molecular complexity index is 725. The Morgan fingerprint density at radius 3 is 2.89 bits per heavy atom. The SMILES string of the molecule is Cc1cc(Cn2[nH]c(=O)ccc2=O)oc1C(=O)NN. The number of rotatable bonds is 3. The lowest BCUT2D eigenvalue weighted by Gasteiger charge is -2.01. The van der Waals surface area contributed by atoms with Gasteiger partial charge in [-0.1, -0.05) is 0 Å². The summed E-state index contributed by atoms with van der Waals surface area (Å²) in [4.78, 5) is 34.0. The number of carbonyl (C=O) groups is 1. The van der Waals surface area contributed by atoms with Gasteiger partial charge in [0.05, 0.1) is 0 Å². The van der Waals surface area contributed by atoms with Crippen LogP contribution in [-0.2, 0) is 6.54 Å². The standard InChI is InChI=1S/C11H12N4O4/c1-6-4-7(19-10(6)11(18)13-12)5-15-9(17)3-2-8(16)14-15/h2-4H,5,12H2,1H3,(H,13,18)(H,14,16). The number of amides is 1. The molecule has 0 aliphatic heterocycles. The third-order valence-electron chi connectivity index (χ3n) is 2.51. The van der Waals surface area contributed by atoms with Crippen molar-refractivity contribution in [2.24, 2.45) is 5.84 Å². The number of hydrogen-bond donors (Lipinski definition) is 3. The van der Waals surface area contributed by atoms with Crippen molar-refractivity contribution in [2.45, 2.75) is 13.5 Å². The fourth-order valence-electron chi connectivity index (χ4n) is 1.65. The fourth-order valence-corrected chi connectivity index (χ4v) is 1.65. The zero-order valence-corrected chi connectivity index (χ0v) is 10.1. The molecule has 2 rings (SSSR count). The van der Waals surface area contributed by atoms with Crippen LogP contribution in [0, 0.1) is 6.92 Å². The van der Waals surface area contributed by atoms with Gasteiger partial charge in [-0.2, -0.15) is 0 Å². The predicted molar refractivity (Wildman–Crippen MR) is 65.5 cm³/mol. The third-order valence-corrected chi connectivity index (χ3v) is 2.51. The number of hydrogen-bond acceptors (Lipinski definition) is 5. The quantitative estimate of drug-likeness (QED) is 0.376. The number of nitrogens with two attached hydrogens (primary N) is 1. The van der Waals surface area contributed by atoms with E-state index in [2.05, 4.69) is 5.10 Å². The maximum Gasteiger partial charge on any atom is 0.301 e. The summed E-state index contributed by atoms with van der Waals surface area (Å²) in [5.41, 5.74) is 1.77. The number of H-pyrrole nitrogens is 1. The Hall–Kier alpha value is -2.61. The Balaban J connectivity index is 2.34. The molecule has 8 heteroatoms. The second-order valence-electron chi connectivity index (χ2n) is 3.93. The van der Waals surface area contributed by atoms with Gasteiger partial charge in [-0.25, -0.2) is 10.5 Å². The molecule has 2 aromatic rings. The molecular weight excluding hydrogens is 252 g/mol. The molecule has 100 valence electrons. The molecule has 4 N–H and O–H groups in total. The zero-order valence-electron chi connectivity index (χ0n) is 10.1. The molecule has 0 atom stereocenters. The number of nitrogens with zero attached hydrogens (tertiary/aromatic N) is 1. The number of nitrogen functional groups attached to an aromatic ring is 1. The summed E-state index contributed by atoms with van der Waals surface area (Å²) in [5, 5.41) is 2.36. The first-order valence-corrected chi connectivity index (χ1v) is 5.41. The minimum atomic E-state index is -0.558. The summed E-state index contributed by atoms with van der Waals surface area (Å²) in [6.45, 7) is 1.70. The maximum atomic E-state index is 11.5. The van der Waals surface area contributed by atoms with Gasteiger partial charge in [-0.05, 0) is 13.0 Å². The van der Waals surface area contributed by atoms with Crippen LogP contribution in [0.5, 0.6) is 0 Å². The Kier molecular flexibility index (Phi) is 3.34. The summed E-state index contributed by atoms with van der Waals surface area (Å²) >= 11 is 0. The summed E-state index contributed by atoms with van der Waals surface area (Å²) in [6, 6.07) is 3.89. The zero-order chi connectivity index (χ0) is 14.0. The molecule has 0 radical (unpaired) electrons. The van der Waals surface area contributed by atoms with Crippen LogP contribution in [0.3, 0.4) is 0 Å². The van der Waals surface area contributed by atoms with E-state index in [1.54, 1.807) is 13.0 Å². The fraction of sp³-hybridized carbons (Fsp3) is 0.182. The minimum Gasteiger partial charge on any atom is -0.454 e. The van der Waals surface area contributed by atoms with E-state index in [0.29, 0.717) is 11.3 Å². The highest BCUT2D eigenvalue weighted by Crippen LogP contribution is 2.14. The lowest BCUT2D eigenvalue weighted by Crippen LogP contribution is -2.30. The number of carbonyl (C=O) groups excluding carboxylic acids is 1. The van der Waals surface area contributed by atoms with Crippen molar-refractivity contribution >= 4 is 5.91 Å². The van der Waals surface area contributed by atoms with Crippen LogP contribution in [0.25, 0.3) is 0 Å². The van der Waals surface area contributed by atoms with Crippen molar-refractivity contribution in [1.82, 2.24) is 15.2 Å². The number of aromatic amines is 1. The first-order valence-electron chi connectivity index (χ1n) is 5.41. The lowest BCUT2D eigenvalue weighted by molar-refractivity contribution is 0.0923. The highest BCUT2D eigenvalue weighted by atomic mass is 16.4. The van der Waals surface area contributed by atoms with Gasteiger partial charge in [0.1, 0.15) is 12.3 Å². The van der Waals surface area contributed by atoms with Crippen LogP contribution < -0.4 is 22.4 Å². The second-order valence-corrected chi connectivity index (χ2v) is 3.93. The van der Waals surface area contributed by atoms with E-state index in [9.17, 15) is 14.4 Å². The number of nitrogens with one attached hydrogen (secondary N) is 2. The molecule has 0 saturated heterocycles.